The molecular formula is C18H13N3O6. The van der Waals surface area contributed by atoms with E-state index in [9.17, 15) is 19.7 Å². The number of nitro benzene ring substituents is 1. The number of esters is 1. The van der Waals surface area contributed by atoms with E-state index in [0.29, 0.717) is 16.9 Å². The Morgan fingerprint density at radius 1 is 1.19 bits per heavy atom. The van der Waals surface area contributed by atoms with Crippen molar-refractivity contribution in [1.29, 1.82) is 0 Å². The molecule has 0 radical (unpaired) electrons. The third-order valence-corrected chi connectivity index (χ3v) is 3.51. The fourth-order valence-electron chi connectivity index (χ4n) is 2.23. The molecule has 2 aromatic carbocycles. The highest BCUT2D eigenvalue weighted by Gasteiger charge is 2.24. The van der Waals surface area contributed by atoms with Crippen molar-refractivity contribution in [3.05, 3.63) is 75.5 Å². The highest BCUT2D eigenvalue weighted by Crippen LogP contribution is 2.21. The lowest BCUT2D eigenvalue weighted by atomic mass is 10.2. The maximum Gasteiger partial charge on any atom is 0.363 e. The number of cyclic esters (lactones) is 1. The van der Waals surface area contributed by atoms with Crippen molar-refractivity contribution in [2.45, 2.75) is 0 Å². The molecule has 0 atom stereocenters. The highest BCUT2D eigenvalue weighted by atomic mass is 16.6. The van der Waals surface area contributed by atoms with Crippen LogP contribution in [0.5, 0.6) is 5.75 Å². The largest absolute Gasteiger partial charge is 0.484 e. The SMILES string of the molecule is NC(=O)COc1ccc(/C=C2\N=C(c3ccc([N+](=O)[O-])cc3)OC2=O)cc1. The summed E-state index contributed by atoms with van der Waals surface area (Å²) in [5, 5.41) is 10.7. The summed E-state index contributed by atoms with van der Waals surface area (Å²) in [6.45, 7) is -0.227. The van der Waals surface area contributed by atoms with Crippen LogP contribution in [0.1, 0.15) is 11.1 Å². The molecule has 1 aliphatic rings. The zero-order chi connectivity index (χ0) is 19.4. The molecule has 0 aromatic heterocycles. The number of nitrogens with zero attached hydrogens (tertiary/aromatic N) is 2. The molecule has 2 aromatic rings. The average molecular weight is 367 g/mol. The van der Waals surface area contributed by atoms with Gasteiger partial charge in [-0.3, -0.25) is 14.9 Å². The minimum Gasteiger partial charge on any atom is -0.484 e. The van der Waals surface area contributed by atoms with Gasteiger partial charge in [0.2, 0.25) is 5.90 Å². The van der Waals surface area contributed by atoms with E-state index in [1.54, 1.807) is 24.3 Å². The summed E-state index contributed by atoms with van der Waals surface area (Å²) in [7, 11) is 0. The number of aliphatic imine (C=N–C) groups is 1. The topological polar surface area (TPSA) is 134 Å². The molecule has 0 unspecified atom stereocenters. The standard InChI is InChI=1S/C18H13N3O6/c19-16(22)10-26-14-7-1-11(2-8-14)9-15-18(23)27-17(20-15)12-3-5-13(6-4-12)21(24)25/h1-9H,10H2,(H2,19,22)/b15-9-. The van der Waals surface area contributed by atoms with Gasteiger partial charge >= 0.3 is 5.97 Å². The van der Waals surface area contributed by atoms with Gasteiger partial charge in [0.05, 0.1) is 4.92 Å². The first-order valence-corrected chi connectivity index (χ1v) is 7.71. The van der Waals surface area contributed by atoms with Gasteiger partial charge in [0.25, 0.3) is 11.6 Å². The molecule has 1 amide bonds. The van der Waals surface area contributed by atoms with Crippen LogP contribution >= 0.6 is 0 Å². The lowest BCUT2D eigenvalue weighted by molar-refractivity contribution is -0.384. The number of amides is 1. The monoisotopic (exact) mass is 367 g/mol. The van der Waals surface area contributed by atoms with E-state index in [4.69, 9.17) is 15.2 Å². The van der Waals surface area contributed by atoms with E-state index in [0.717, 1.165) is 0 Å². The smallest absolute Gasteiger partial charge is 0.363 e. The van der Waals surface area contributed by atoms with E-state index in [1.807, 2.05) is 0 Å². The van der Waals surface area contributed by atoms with Gasteiger partial charge in [-0.2, -0.15) is 0 Å². The van der Waals surface area contributed by atoms with Crippen molar-refractivity contribution in [3.8, 4) is 5.75 Å². The van der Waals surface area contributed by atoms with Crippen LogP contribution in [0, 0.1) is 10.1 Å². The van der Waals surface area contributed by atoms with Gasteiger partial charge in [-0.15, -0.1) is 0 Å². The molecule has 0 saturated heterocycles. The highest BCUT2D eigenvalue weighted by molar-refractivity contribution is 6.12. The average Bonchev–Trinajstić information content (AvgIpc) is 3.01. The third-order valence-electron chi connectivity index (χ3n) is 3.51. The first-order valence-electron chi connectivity index (χ1n) is 7.71. The van der Waals surface area contributed by atoms with Crippen LogP contribution in [-0.4, -0.2) is 29.3 Å². The van der Waals surface area contributed by atoms with Crippen LogP contribution in [0.3, 0.4) is 0 Å². The lowest BCUT2D eigenvalue weighted by Crippen LogP contribution is -2.19. The van der Waals surface area contributed by atoms with Gasteiger partial charge in [-0.05, 0) is 35.9 Å². The predicted molar refractivity (Wildman–Crippen MR) is 94.8 cm³/mol. The van der Waals surface area contributed by atoms with Crippen LogP contribution in [0.2, 0.25) is 0 Å². The van der Waals surface area contributed by atoms with Crippen molar-refractivity contribution in [3.63, 3.8) is 0 Å². The van der Waals surface area contributed by atoms with Crippen LogP contribution < -0.4 is 10.5 Å². The van der Waals surface area contributed by atoms with Crippen LogP contribution in [0.25, 0.3) is 6.08 Å². The Kier molecular flexibility index (Phi) is 4.93. The molecule has 0 bridgehead atoms. The summed E-state index contributed by atoms with van der Waals surface area (Å²) in [4.78, 5) is 37.0. The van der Waals surface area contributed by atoms with Gasteiger partial charge in [0, 0.05) is 17.7 Å². The summed E-state index contributed by atoms with van der Waals surface area (Å²) in [6, 6.07) is 12.1. The lowest BCUT2D eigenvalue weighted by Gasteiger charge is -2.03. The molecule has 0 saturated carbocycles. The zero-order valence-electron chi connectivity index (χ0n) is 13.8. The maximum atomic E-state index is 12.0. The van der Waals surface area contributed by atoms with Crippen molar-refractivity contribution in [2.75, 3.05) is 6.61 Å². The van der Waals surface area contributed by atoms with Gasteiger partial charge in [-0.1, -0.05) is 12.1 Å². The number of carbonyl (C=O) groups excluding carboxylic acids is 2. The number of rotatable bonds is 6. The number of primary amides is 1. The molecule has 136 valence electrons. The number of ether oxygens (including phenoxy) is 2. The third kappa shape index (κ3) is 4.34. The van der Waals surface area contributed by atoms with Crippen molar-refractivity contribution in [2.24, 2.45) is 10.7 Å². The number of hydrogen-bond acceptors (Lipinski definition) is 7. The van der Waals surface area contributed by atoms with Gasteiger partial charge in [0.1, 0.15) is 5.75 Å². The summed E-state index contributed by atoms with van der Waals surface area (Å²) >= 11 is 0. The van der Waals surface area contributed by atoms with Crippen LogP contribution in [-0.2, 0) is 14.3 Å². The fraction of sp³-hybridized carbons (Fsp3) is 0.0556. The molecule has 2 N–H and O–H groups in total. The zero-order valence-corrected chi connectivity index (χ0v) is 13.8. The second kappa shape index (κ2) is 7.48. The minimum absolute atomic E-state index is 0.0712. The van der Waals surface area contributed by atoms with Crippen LogP contribution in [0.4, 0.5) is 5.69 Å². The first kappa shape index (κ1) is 17.8. The quantitative estimate of drug-likeness (QED) is 0.358. The summed E-state index contributed by atoms with van der Waals surface area (Å²) in [5.41, 5.74) is 6.15. The Labute approximate surface area is 152 Å². The van der Waals surface area contributed by atoms with E-state index in [2.05, 4.69) is 4.99 Å². The van der Waals surface area contributed by atoms with E-state index < -0.39 is 16.8 Å². The first-order chi connectivity index (χ1) is 12.9. The molecule has 9 nitrogen and oxygen atoms in total. The summed E-state index contributed by atoms with van der Waals surface area (Å²) in [6.07, 6.45) is 1.53. The second-order valence-electron chi connectivity index (χ2n) is 5.46. The molecule has 27 heavy (non-hydrogen) atoms. The van der Waals surface area contributed by atoms with E-state index in [1.165, 1.54) is 30.3 Å². The normalized spacial score (nSPS) is 14.6. The molecule has 1 heterocycles. The van der Waals surface area contributed by atoms with Gasteiger partial charge in [-0.25, -0.2) is 9.79 Å². The van der Waals surface area contributed by atoms with Gasteiger partial charge < -0.3 is 15.2 Å². The molecule has 0 aliphatic carbocycles. The Morgan fingerprint density at radius 3 is 2.44 bits per heavy atom. The molecule has 0 fully saturated rings. The maximum absolute atomic E-state index is 12.0. The molecule has 1 aliphatic heterocycles. The van der Waals surface area contributed by atoms with Crippen molar-refractivity contribution >= 4 is 29.5 Å². The minimum atomic E-state index is -0.627. The molecule has 9 heteroatoms. The Hall–Kier alpha value is -4.01. The number of non-ortho nitro benzene ring substituents is 1. The van der Waals surface area contributed by atoms with Crippen molar-refractivity contribution < 1.29 is 24.0 Å². The van der Waals surface area contributed by atoms with E-state index >= 15 is 0 Å². The molecule has 3 rings (SSSR count). The molecular weight excluding hydrogens is 354 g/mol. The number of benzene rings is 2. The van der Waals surface area contributed by atoms with E-state index in [-0.39, 0.29) is 23.9 Å². The second-order valence-corrected chi connectivity index (χ2v) is 5.46. The number of nitro groups is 1. The number of carbonyl (C=O) groups is 2. The number of nitrogens with two attached hydrogens (primary N) is 1. The fourth-order valence-corrected chi connectivity index (χ4v) is 2.23. The number of hydrogen-bond donors (Lipinski definition) is 1. The molecule has 0 spiro atoms. The Bertz CT molecular complexity index is 962. The Morgan fingerprint density at radius 2 is 1.85 bits per heavy atom. The summed E-state index contributed by atoms with van der Waals surface area (Å²) in [5.74, 6) is -0.678. The van der Waals surface area contributed by atoms with Crippen molar-refractivity contribution in [1.82, 2.24) is 0 Å². The Balaban J connectivity index is 1.77. The van der Waals surface area contributed by atoms with Crippen LogP contribution in [0.15, 0.2) is 59.2 Å². The van der Waals surface area contributed by atoms with Gasteiger partial charge in [0.15, 0.2) is 12.3 Å². The summed E-state index contributed by atoms with van der Waals surface area (Å²) < 4.78 is 10.3. The predicted octanol–water partition coefficient (Wildman–Crippen LogP) is 1.80.